The van der Waals surface area contributed by atoms with Crippen LogP contribution in [0.4, 0.5) is 0 Å². The van der Waals surface area contributed by atoms with Crippen LogP contribution >= 0.6 is 0 Å². The fourth-order valence-corrected chi connectivity index (χ4v) is 2.91. The van der Waals surface area contributed by atoms with E-state index >= 15 is 0 Å². The average Bonchev–Trinajstić information content (AvgIpc) is 2.85. The first-order chi connectivity index (χ1) is 6.62. The van der Waals surface area contributed by atoms with Crippen LogP contribution in [0.15, 0.2) is 24.3 Å². The minimum atomic E-state index is 0.00417. The summed E-state index contributed by atoms with van der Waals surface area (Å²) in [7, 11) is 0. The van der Waals surface area contributed by atoms with Crippen LogP contribution in [0.1, 0.15) is 36.8 Å². The SMILES string of the molecule is Cc1ccc(C2(N)CC3(CC3)C2)cc1. The predicted octanol–water partition coefficient (Wildman–Crippen LogP) is 2.72. The third-order valence-corrected chi connectivity index (χ3v) is 3.96. The molecule has 0 atom stereocenters. The van der Waals surface area contributed by atoms with Gasteiger partial charge in [0, 0.05) is 5.54 Å². The van der Waals surface area contributed by atoms with Gasteiger partial charge in [0.1, 0.15) is 0 Å². The Kier molecular flexibility index (Phi) is 1.46. The maximum absolute atomic E-state index is 6.39. The summed E-state index contributed by atoms with van der Waals surface area (Å²) in [6.07, 6.45) is 5.25. The van der Waals surface area contributed by atoms with Crippen molar-refractivity contribution < 1.29 is 0 Å². The molecule has 2 fully saturated rings. The molecule has 14 heavy (non-hydrogen) atoms. The van der Waals surface area contributed by atoms with Crippen molar-refractivity contribution in [1.82, 2.24) is 0 Å². The van der Waals surface area contributed by atoms with Gasteiger partial charge in [0.2, 0.25) is 0 Å². The summed E-state index contributed by atoms with van der Waals surface area (Å²) in [6.45, 7) is 2.12. The Hall–Kier alpha value is -0.820. The number of hydrogen-bond acceptors (Lipinski definition) is 1. The Morgan fingerprint density at radius 2 is 1.64 bits per heavy atom. The Labute approximate surface area is 85.3 Å². The van der Waals surface area contributed by atoms with Gasteiger partial charge in [0.25, 0.3) is 0 Å². The second-order valence-corrected chi connectivity index (χ2v) is 5.38. The molecule has 0 aliphatic heterocycles. The quantitative estimate of drug-likeness (QED) is 0.718. The molecule has 0 saturated heterocycles. The fourth-order valence-electron chi connectivity index (χ4n) is 2.91. The van der Waals surface area contributed by atoms with Gasteiger partial charge in [-0.3, -0.25) is 0 Å². The van der Waals surface area contributed by atoms with E-state index in [4.69, 9.17) is 5.73 Å². The average molecular weight is 187 g/mol. The Balaban J connectivity index is 1.85. The van der Waals surface area contributed by atoms with Crippen LogP contribution in [0, 0.1) is 12.3 Å². The number of rotatable bonds is 1. The zero-order valence-corrected chi connectivity index (χ0v) is 8.72. The first-order valence-corrected chi connectivity index (χ1v) is 5.48. The standard InChI is InChI=1S/C13H17N/c1-10-2-4-11(5-3-10)13(14)8-12(9-13)6-7-12/h2-5H,6-9,14H2,1H3. The lowest BCUT2D eigenvalue weighted by molar-refractivity contribution is 0.125. The number of nitrogens with two attached hydrogens (primary N) is 1. The monoisotopic (exact) mass is 187 g/mol. The molecular formula is C13H17N. The molecule has 0 aromatic heterocycles. The van der Waals surface area contributed by atoms with Crippen LogP contribution in [-0.4, -0.2) is 0 Å². The summed E-state index contributed by atoms with van der Waals surface area (Å²) in [5.74, 6) is 0. The molecule has 1 heteroatoms. The van der Waals surface area contributed by atoms with Gasteiger partial charge in [-0.25, -0.2) is 0 Å². The van der Waals surface area contributed by atoms with Crippen LogP contribution in [0.25, 0.3) is 0 Å². The van der Waals surface area contributed by atoms with Crippen molar-refractivity contribution in [2.24, 2.45) is 11.1 Å². The third kappa shape index (κ3) is 1.12. The minimum absolute atomic E-state index is 0.00417. The minimum Gasteiger partial charge on any atom is -0.321 e. The van der Waals surface area contributed by atoms with Crippen molar-refractivity contribution in [2.75, 3.05) is 0 Å². The topological polar surface area (TPSA) is 26.0 Å². The highest BCUT2D eigenvalue weighted by atomic mass is 14.8. The number of hydrogen-bond donors (Lipinski definition) is 1. The molecule has 0 heterocycles. The van der Waals surface area contributed by atoms with Gasteiger partial charge < -0.3 is 5.73 Å². The lowest BCUT2D eigenvalue weighted by Gasteiger charge is -2.46. The molecule has 2 N–H and O–H groups in total. The second-order valence-electron chi connectivity index (χ2n) is 5.38. The molecule has 1 spiro atoms. The summed E-state index contributed by atoms with van der Waals surface area (Å²) in [5.41, 5.74) is 9.73. The molecule has 74 valence electrons. The van der Waals surface area contributed by atoms with E-state index in [1.807, 2.05) is 0 Å². The van der Waals surface area contributed by atoms with Gasteiger partial charge in [-0.2, -0.15) is 0 Å². The highest BCUT2D eigenvalue weighted by Gasteiger charge is 2.59. The molecular weight excluding hydrogens is 170 g/mol. The van der Waals surface area contributed by atoms with Gasteiger partial charge in [0.05, 0.1) is 0 Å². The van der Waals surface area contributed by atoms with E-state index in [0.717, 1.165) is 0 Å². The normalized spacial score (nSPS) is 25.9. The van der Waals surface area contributed by atoms with E-state index < -0.39 is 0 Å². The Morgan fingerprint density at radius 1 is 1.07 bits per heavy atom. The molecule has 0 radical (unpaired) electrons. The number of benzene rings is 1. The second kappa shape index (κ2) is 2.40. The zero-order valence-electron chi connectivity index (χ0n) is 8.72. The summed E-state index contributed by atoms with van der Waals surface area (Å²) >= 11 is 0. The van der Waals surface area contributed by atoms with Crippen LogP contribution in [0.5, 0.6) is 0 Å². The van der Waals surface area contributed by atoms with Crippen molar-refractivity contribution in [1.29, 1.82) is 0 Å². The summed E-state index contributed by atoms with van der Waals surface area (Å²) < 4.78 is 0. The first-order valence-electron chi connectivity index (χ1n) is 5.48. The van der Waals surface area contributed by atoms with E-state index in [2.05, 4.69) is 31.2 Å². The maximum Gasteiger partial charge on any atom is 0.0420 e. The maximum atomic E-state index is 6.39. The van der Waals surface area contributed by atoms with Crippen molar-refractivity contribution in [3.05, 3.63) is 35.4 Å². The van der Waals surface area contributed by atoms with Crippen molar-refractivity contribution >= 4 is 0 Å². The smallest absolute Gasteiger partial charge is 0.0420 e. The summed E-state index contributed by atoms with van der Waals surface area (Å²) in [4.78, 5) is 0. The van der Waals surface area contributed by atoms with Gasteiger partial charge in [-0.1, -0.05) is 29.8 Å². The molecule has 0 amide bonds. The van der Waals surface area contributed by atoms with E-state index in [1.165, 1.54) is 36.8 Å². The van der Waals surface area contributed by atoms with Gasteiger partial charge in [-0.05, 0) is 43.6 Å². The van der Waals surface area contributed by atoms with E-state index in [0.29, 0.717) is 5.41 Å². The predicted molar refractivity (Wildman–Crippen MR) is 57.9 cm³/mol. The van der Waals surface area contributed by atoms with Crippen molar-refractivity contribution in [3.8, 4) is 0 Å². The van der Waals surface area contributed by atoms with Crippen LogP contribution in [0.2, 0.25) is 0 Å². The van der Waals surface area contributed by atoms with Gasteiger partial charge in [-0.15, -0.1) is 0 Å². The van der Waals surface area contributed by atoms with E-state index in [1.54, 1.807) is 0 Å². The lowest BCUT2D eigenvalue weighted by atomic mass is 9.63. The summed E-state index contributed by atoms with van der Waals surface area (Å²) in [5, 5.41) is 0. The summed E-state index contributed by atoms with van der Waals surface area (Å²) in [6, 6.07) is 8.73. The Morgan fingerprint density at radius 3 is 2.14 bits per heavy atom. The Bertz CT molecular complexity index is 351. The van der Waals surface area contributed by atoms with E-state index in [-0.39, 0.29) is 5.54 Å². The molecule has 0 unspecified atom stereocenters. The van der Waals surface area contributed by atoms with Crippen LogP contribution in [-0.2, 0) is 5.54 Å². The molecule has 3 rings (SSSR count). The number of aryl methyl sites for hydroxylation is 1. The van der Waals surface area contributed by atoms with Gasteiger partial charge >= 0.3 is 0 Å². The first kappa shape index (κ1) is 8.49. The van der Waals surface area contributed by atoms with Crippen molar-refractivity contribution in [2.45, 2.75) is 38.1 Å². The lowest BCUT2D eigenvalue weighted by Crippen LogP contribution is -2.50. The molecule has 2 saturated carbocycles. The van der Waals surface area contributed by atoms with Crippen LogP contribution in [0.3, 0.4) is 0 Å². The van der Waals surface area contributed by atoms with Gasteiger partial charge in [0.15, 0.2) is 0 Å². The molecule has 2 aliphatic carbocycles. The fraction of sp³-hybridized carbons (Fsp3) is 0.538. The molecule has 0 bridgehead atoms. The molecule has 2 aliphatic rings. The largest absolute Gasteiger partial charge is 0.321 e. The third-order valence-electron chi connectivity index (χ3n) is 3.96. The highest BCUT2D eigenvalue weighted by molar-refractivity contribution is 5.33. The zero-order chi connectivity index (χ0) is 9.81. The highest BCUT2D eigenvalue weighted by Crippen LogP contribution is 2.66. The van der Waals surface area contributed by atoms with E-state index in [9.17, 15) is 0 Å². The molecule has 1 aromatic carbocycles. The van der Waals surface area contributed by atoms with Crippen molar-refractivity contribution in [3.63, 3.8) is 0 Å². The molecule has 1 nitrogen and oxygen atoms in total. The van der Waals surface area contributed by atoms with Crippen LogP contribution < -0.4 is 5.73 Å². The molecule has 1 aromatic rings.